The summed E-state index contributed by atoms with van der Waals surface area (Å²) in [6, 6.07) is 0. The zero-order chi connectivity index (χ0) is 10.6. The maximum Gasteiger partial charge on any atom is 0.433 e. The molecule has 0 radical (unpaired) electrons. The third-order valence-electron chi connectivity index (χ3n) is 2.42. The first-order chi connectivity index (χ1) is 6.62. The van der Waals surface area contributed by atoms with E-state index >= 15 is 0 Å². The van der Waals surface area contributed by atoms with Gasteiger partial charge in [0.15, 0.2) is 0 Å². The molecular formula is C9H16N2O2S. The zero-order valence-electron chi connectivity index (χ0n) is 8.79. The summed E-state index contributed by atoms with van der Waals surface area (Å²) in [6.07, 6.45) is 3.79. The summed E-state index contributed by atoms with van der Waals surface area (Å²) in [5, 5.41) is 6.26. The summed E-state index contributed by atoms with van der Waals surface area (Å²) in [4.78, 5) is 15.5. The number of carbonyl (C=O) groups is 1. The van der Waals surface area contributed by atoms with Crippen molar-refractivity contribution in [3.05, 3.63) is 0 Å². The smallest absolute Gasteiger partial charge is 0.323 e. The first kappa shape index (κ1) is 11.4. The molecule has 0 aromatic heterocycles. The molecule has 1 fully saturated rings. The van der Waals surface area contributed by atoms with Crippen LogP contribution in [-0.4, -0.2) is 30.9 Å². The van der Waals surface area contributed by atoms with Crippen molar-refractivity contribution in [2.24, 2.45) is 10.6 Å². The van der Waals surface area contributed by atoms with Gasteiger partial charge in [-0.15, -0.1) is 0 Å². The monoisotopic (exact) mass is 216 g/mol. The Kier molecular flexibility index (Phi) is 3.80. The van der Waals surface area contributed by atoms with Crippen LogP contribution in [0.1, 0.15) is 19.8 Å². The van der Waals surface area contributed by atoms with E-state index in [0.29, 0.717) is 0 Å². The van der Waals surface area contributed by atoms with Gasteiger partial charge in [0.1, 0.15) is 0 Å². The van der Waals surface area contributed by atoms with E-state index in [-0.39, 0.29) is 5.41 Å². The lowest BCUT2D eigenvalue weighted by Gasteiger charge is -2.10. The Hall–Kier alpha value is -0.710. The molecule has 0 aliphatic heterocycles. The summed E-state index contributed by atoms with van der Waals surface area (Å²) in [7, 11) is 1.52. The van der Waals surface area contributed by atoms with Crippen molar-refractivity contribution in [1.82, 2.24) is 5.32 Å². The fraction of sp³-hybridized carbons (Fsp3) is 0.778. The Morgan fingerprint density at radius 3 is 2.71 bits per heavy atom. The maximum absolute atomic E-state index is 10.8. The van der Waals surface area contributed by atoms with Gasteiger partial charge in [-0.2, -0.15) is 11.8 Å². The molecule has 0 unspecified atom stereocenters. The number of nitrogens with one attached hydrogen (secondary N) is 1. The van der Waals surface area contributed by atoms with Crippen molar-refractivity contribution in [2.45, 2.75) is 19.8 Å². The third kappa shape index (κ3) is 2.90. The van der Waals surface area contributed by atoms with Crippen LogP contribution in [0.2, 0.25) is 0 Å². The van der Waals surface area contributed by atoms with Gasteiger partial charge in [-0.3, -0.25) is 4.84 Å². The number of hydrogen-bond donors (Lipinski definition) is 1. The Morgan fingerprint density at radius 2 is 2.29 bits per heavy atom. The first-order valence-corrected chi connectivity index (χ1v) is 5.97. The van der Waals surface area contributed by atoms with Gasteiger partial charge >= 0.3 is 6.09 Å². The van der Waals surface area contributed by atoms with Gasteiger partial charge in [0, 0.05) is 18.2 Å². The zero-order valence-corrected chi connectivity index (χ0v) is 9.61. The minimum Gasteiger partial charge on any atom is -0.323 e. The molecule has 0 aromatic carbocycles. The second-order valence-electron chi connectivity index (χ2n) is 3.66. The van der Waals surface area contributed by atoms with Crippen LogP contribution in [0.4, 0.5) is 4.79 Å². The fourth-order valence-electron chi connectivity index (χ4n) is 1.07. The molecule has 1 saturated carbocycles. The summed E-state index contributed by atoms with van der Waals surface area (Å²) >= 11 is 1.69. The van der Waals surface area contributed by atoms with E-state index in [4.69, 9.17) is 4.84 Å². The Labute approximate surface area is 88.5 Å². The van der Waals surface area contributed by atoms with E-state index in [1.807, 2.05) is 6.26 Å². The quantitative estimate of drug-likeness (QED) is 0.443. The highest BCUT2D eigenvalue weighted by Crippen LogP contribution is 2.47. The molecule has 1 N–H and O–H groups in total. The molecular weight excluding hydrogens is 200 g/mol. The van der Waals surface area contributed by atoms with Crippen molar-refractivity contribution in [1.29, 1.82) is 0 Å². The Bertz CT molecular complexity index is 249. The minimum atomic E-state index is -0.507. The largest absolute Gasteiger partial charge is 0.433 e. The van der Waals surface area contributed by atoms with Crippen molar-refractivity contribution >= 4 is 23.6 Å². The molecule has 1 aliphatic carbocycles. The average molecular weight is 216 g/mol. The Balaban J connectivity index is 2.53. The van der Waals surface area contributed by atoms with Gasteiger partial charge in [0.05, 0.1) is 5.71 Å². The number of thioether (sulfide) groups is 1. The lowest BCUT2D eigenvalue weighted by molar-refractivity contribution is 0.152. The number of hydrogen-bond acceptors (Lipinski definition) is 4. The van der Waals surface area contributed by atoms with Crippen molar-refractivity contribution < 1.29 is 9.63 Å². The van der Waals surface area contributed by atoms with Crippen LogP contribution < -0.4 is 5.32 Å². The number of nitrogens with zero attached hydrogens (tertiary/aromatic N) is 1. The number of carbonyl (C=O) groups excluding carboxylic acids is 1. The molecule has 1 rings (SSSR count). The van der Waals surface area contributed by atoms with E-state index in [2.05, 4.69) is 17.4 Å². The van der Waals surface area contributed by atoms with Crippen molar-refractivity contribution in [3.8, 4) is 0 Å². The van der Waals surface area contributed by atoms with E-state index in [1.54, 1.807) is 11.8 Å². The fourth-order valence-corrected chi connectivity index (χ4v) is 1.74. The number of amides is 1. The second kappa shape index (κ2) is 4.68. The SMILES string of the molecule is CNC(=O)ON=C(CSC)C1(C)CC1. The molecule has 1 aliphatic rings. The topological polar surface area (TPSA) is 50.7 Å². The van der Waals surface area contributed by atoms with E-state index in [1.165, 1.54) is 7.05 Å². The molecule has 0 atom stereocenters. The van der Waals surface area contributed by atoms with Gasteiger partial charge in [0.2, 0.25) is 0 Å². The van der Waals surface area contributed by atoms with Gasteiger partial charge in [-0.1, -0.05) is 12.1 Å². The lowest BCUT2D eigenvalue weighted by atomic mass is 10.1. The maximum atomic E-state index is 10.8. The molecule has 4 nitrogen and oxygen atoms in total. The van der Waals surface area contributed by atoms with Crippen LogP contribution in [0, 0.1) is 5.41 Å². The molecule has 0 saturated heterocycles. The standard InChI is InChI=1S/C9H16N2O2S/c1-9(4-5-9)7(6-14-3)11-13-8(12)10-2/h4-6H2,1-3H3,(H,10,12). The minimum absolute atomic E-state index is 0.178. The second-order valence-corrected chi connectivity index (χ2v) is 4.53. The predicted octanol–water partition coefficient (Wildman–Crippen LogP) is 1.86. The molecule has 0 aromatic rings. The lowest BCUT2D eigenvalue weighted by Crippen LogP contribution is -2.20. The summed E-state index contributed by atoms with van der Waals surface area (Å²) in [5.74, 6) is 0.827. The van der Waals surface area contributed by atoms with Gasteiger partial charge in [0.25, 0.3) is 0 Å². The molecule has 5 heteroatoms. The number of rotatable bonds is 4. The highest BCUT2D eigenvalue weighted by Gasteiger charge is 2.42. The van der Waals surface area contributed by atoms with Gasteiger partial charge in [-0.25, -0.2) is 4.79 Å². The molecule has 0 spiro atoms. The normalized spacial score (nSPS) is 18.9. The molecule has 0 heterocycles. The Morgan fingerprint density at radius 1 is 1.64 bits per heavy atom. The van der Waals surface area contributed by atoms with E-state index in [9.17, 15) is 4.79 Å². The van der Waals surface area contributed by atoms with Crippen molar-refractivity contribution in [2.75, 3.05) is 19.1 Å². The highest BCUT2D eigenvalue weighted by molar-refractivity contribution is 7.99. The van der Waals surface area contributed by atoms with Crippen LogP contribution in [0.15, 0.2) is 5.16 Å². The van der Waals surface area contributed by atoms with Crippen molar-refractivity contribution in [3.63, 3.8) is 0 Å². The molecule has 1 amide bonds. The van der Waals surface area contributed by atoms with Crippen LogP contribution in [0.25, 0.3) is 0 Å². The first-order valence-electron chi connectivity index (χ1n) is 4.57. The predicted molar refractivity (Wildman–Crippen MR) is 58.7 cm³/mol. The van der Waals surface area contributed by atoms with Gasteiger partial charge in [-0.05, 0) is 19.1 Å². The summed E-state index contributed by atoms with van der Waals surface area (Å²) in [6.45, 7) is 2.15. The molecule has 0 bridgehead atoms. The van der Waals surface area contributed by atoms with Gasteiger partial charge < -0.3 is 5.32 Å². The van der Waals surface area contributed by atoms with Crippen LogP contribution >= 0.6 is 11.8 Å². The van der Waals surface area contributed by atoms with Crippen LogP contribution in [-0.2, 0) is 4.84 Å². The van der Waals surface area contributed by atoms with E-state index in [0.717, 1.165) is 24.3 Å². The third-order valence-corrected chi connectivity index (χ3v) is 2.98. The summed E-state index contributed by atoms with van der Waals surface area (Å²) < 4.78 is 0. The molecule has 80 valence electrons. The van der Waals surface area contributed by atoms with E-state index < -0.39 is 6.09 Å². The van der Waals surface area contributed by atoms with Crippen LogP contribution in [0.5, 0.6) is 0 Å². The highest BCUT2D eigenvalue weighted by atomic mass is 32.2. The molecule has 14 heavy (non-hydrogen) atoms. The number of oxime groups is 1. The van der Waals surface area contributed by atoms with Crippen LogP contribution in [0.3, 0.4) is 0 Å². The summed E-state index contributed by atoms with van der Waals surface area (Å²) in [5.41, 5.74) is 1.16. The average Bonchev–Trinajstić information content (AvgIpc) is 2.91.